The Balaban J connectivity index is 2.26. The summed E-state index contributed by atoms with van der Waals surface area (Å²) in [4.78, 5) is -0.0692. The molecule has 1 heterocycles. The molecule has 1 fully saturated rings. The molecular formula is C10H13ClN2O4S2. The predicted octanol–water partition coefficient (Wildman–Crippen LogP) is 0.586. The lowest BCUT2D eigenvalue weighted by atomic mass is 10.2. The van der Waals surface area contributed by atoms with Gasteiger partial charge in [-0.15, -0.1) is 0 Å². The highest BCUT2D eigenvalue weighted by atomic mass is 35.5. The van der Waals surface area contributed by atoms with E-state index in [0.717, 1.165) is 0 Å². The fourth-order valence-electron chi connectivity index (χ4n) is 1.92. The van der Waals surface area contributed by atoms with Crippen LogP contribution in [0.2, 0.25) is 5.02 Å². The van der Waals surface area contributed by atoms with Gasteiger partial charge in [0.25, 0.3) is 0 Å². The van der Waals surface area contributed by atoms with Gasteiger partial charge in [-0.25, -0.2) is 22.0 Å². The van der Waals surface area contributed by atoms with E-state index in [4.69, 9.17) is 16.7 Å². The van der Waals surface area contributed by atoms with Crippen LogP contribution < -0.4 is 10.5 Å². The van der Waals surface area contributed by atoms with Gasteiger partial charge in [-0.1, -0.05) is 11.6 Å². The Morgan fingerprint density at radius 3 is 2.58 bits per heavy atom. The third-order valence-corrected chi connectivity index (χ3v) is 5.87. The van der Waals surface area contributed by atoms with Crippen LogP contribution in [-0.4, -0.2) is 34.4 Å². The molecule has 1 aliphatic rings. The van der Waals surface area contributed by atoms with Crippen molar-refractivity contribution in [3.8, 4) is 0 Å². The van der Waals surface area contributed by atoms with Crippen molar-refractivity contribution in [1.82, 2.24) is 0 Å². The molecule has 1 saturated heterocycles. The summed E-state index contributed by atoms with van der Waals surface area (Å²) < 4.78 is 45.2. The molecule has 1 unspecified atom stereocenters. The number of halogens is 1. The van der Waals surface area contributed by atoms with Gasteiger partial charge in [0.2, 0.25) is 10.0 Å². The number of nitrogens with one attached hydrogen (secondary N) is 1. The van der Waals surface area contributed by atoms with Crippen molar-refractivity contribution in [2.45, 2.75) is 17.4 Å². The first-order valence-electron chi connectivity index (χ1n) is 5.47. The number of rotatable bonds is 3. The van der Waals surface area contributed by atoms with Crippen LogP contribution in [0, 0.1) is 0 Å². The van der Waals surface area contributed by atoms with Crippen LogP contribution in [0.3, 0.4) is 0 Å². The summed E-state index contributed by atoms with van der Waals surface area (Å²) in [5.74, 6) is 0.139. The first-order valence-corrected chi connectivity index (χ1v) is 9.21. The first kappa shape index (κ1) is 14.6. The van der Waals surface area contributed by atoms with Gasteiger partial charge in [-0.3, -0.25) is 0 Å². The van der Waals surface area contributed by atoms with Crippen molar-refractivity contribution >= 4 is 37.1 Å². The van der Waals surface area contributed by atoms with Crippen LogP contribution in [0.15, 0.2) is 23.1 Å². The normalized spacial score (nSPS) is 22.3. The van der Waals surface area contributed by atoms with Crippen LogP contribution in [0.1, 0.15) is 6.42 Å². The lowest BCUT2D eigenvalue weighted by Crippen LogP contribution is -2.21. The van der Waals surface area contributed by atoms with E-state index in [1.54, 1.807) is 0 Å². The molecule has 0 aromatic heterocycles. The summed E-state index contributed by atoms with van der Waals surface area (Å²) in [6, 6.07) is 3.75. The second-order valence-corrected chi connectivity index (χ2v) is 8.63. The zero-order valence-electron chi connectivity index (χ0n) is 9.84. The van der Waals surface area contributed by atoms with Gasteiger partial charge in [0, 0.05) is 6.04 Å². The smallest absolute Gasteiger partial charge is 0.238 e. The molecule has 19 heavy (non-hydrogen) atoms. The monoisotopic (exact) mass is 324 g/mol. The molecular weight excluding hydrogens is 312 g/mol. The van der Waals surface area contributed by atoms with E-state index in [9.17, 15) is 16.8 Å². The van der Waals surface area contributed by atoms with Crippen molar-refractivity contribution in [1.29, 1.82) is 0 Å². The van der Waals surface area contributed by atoms with Crippen molar-refractivity contribution in [3.63, 3.8) is 0 Å². The van der Waals surface area contributed by atoms with Crippen LogP contribution >= 0.6 is 11.6 Å². The average Bonchev–Trinajstić information content (AvgIpc) is 2.60. The first-order chi connectivity index (χ1) is 8.67. The standard InChI is InChI=1S/C10H13ClN2O4S2/c11-9-2-1-8(19(12,16)17)5-10(9)13-7-3-4-18(14,15)6-7/h1-2,5,7,13H,3-4,6H2,(H2,12,16,17). The summed E-state index contributed by atoms with van der Waals surface area (Å²) in [6.45, 7) is 0. The van der Waals surface area contributed by atoms with E-state index in [1.807, 2.05) is 0 Å². The third kappa shape index (κ3) is 3.59. The van der Waals surface area contributed by atoms with Gasteiger partial charge in [-0.2, -0.15) is 0 Å². The average molecular weight is 325 g/mol. The summed E-state index contributed by atoms with van der Waals surface area (Å²) in [6.07, 6.45) is 0.471. The number of anilines is 1. The molecule has 0 saturated carbocycles. The van der Waals surface area contributed by atoms with E-state index in [1.165, 1.54) is 18.2 Å². The third-order valence-electron chi connectivity index (χ3n) is 2.86. The summed E-state index contributed by atoms with van der Waals surface area (Å²) >= 11 is 5.95. The van der Waals surface area contributed by atoms with Crippen LogP contribution in [0.25, 0.3) is 0 Å². The molecule has 0 aliphatic carbocycles. The molecule has 6 nitrogen and oxygen atoms in total. The molecule has 0 spiro atoms. The van der Waals surface area contributed by atoms with Gasteiger partial charge < -0.3 is 5.32 Å². The predicted molar refractivity (Wildman–Crippen MR) is 73.5 cm³/mol. The zero-order chi connectivity index (χ0) is 14.3. The van der Waals surface area contributed by atoms with Crippen molar-refractivity contribution in [2.24, 2.45) is 5.14 Å². The maximum atomic E-state index is 11.4. The second kappa shape index (κ2) is 4.93. The van der Waals surface area contributed by atoms with Crippen LogP contribution in [-0.2, 0) is 19.9 Å². The van der Waals surface area contributed by atoms with Gasteiger partial charge in [-0.05, 0) is 24.6 Å². The number of primary sulfonamides is 1. The fourth-order valence-corrected chi connectivity index (χ4v) is 4.31. The Bertz CT molecular complexity index is 700. The van der Waals surface area contributed by atoms with Crippen molar-refractivity contribution in [3.05, 3.63) is 23.2 Å². The minimum atomic E-state index is -3.82. The fraction of sp³-hybridized carbons (Fsp3) is 0.400. The Hall–Kier alpha value is -0.830. The molecule has 9 heteroatoms. The van der Waals surface area contributed by atoms with E-state index in [2.05, 4.69) is 5.32 Å². The minimum Gasteiger partial charge on any atom is -0.380 e. The Labute approximate surface area is 116 Å². The highest BCUT2D eigenvalue weighted by molar-refractivity contribution is 7.91. The van der Waals surface area contributed by atoms with E-state index >= 15 is 0 Å². The Kier molecular flexibility index (Phi) is 3.78. The largest absolute Gasteiger partial charge is 0.380 e. The number of nitrogens with two attached hydrogens (primary N) is 1. The number of benzene rings is 1. The molecule has 1 atom stereocenters. The molecule has 1 aromatic rings. The van der Waals surface area contributed by atoms with E-state index < -0.39 is 19.9 Å². The summed E-state index contributed by atoms with van der Waals surface area (Å²) in [7, 11) is -6.83. The zero-order valence-corrected chi connectivity index (χ0v) is 12.2. The number of sulfone groups is 1. The maximum absolute atomic E-state index is 11.4. The number of hydrogen-bond donors (Lipinski definition) is 2. The Morgan fingerprint density at radius 2 is 2.05 bits per heavy atom. The quantitative estimate of drug-likeness (QED) is 0.846. The van der Waals surface area contributed by atoms with Crippen LogP contribution in [0.4, 0.5) is 5.69 Å². The van der Waals surface area contributed by atoms with E-state index in [0.29, 0.717) is 17.1 Å². The van der Waals surface area contributed by atoms with Gasteiger partial charge in [0.05, 0.1) is 27.1 Å². The second-order valence-electron chi connectivity index (χ2n) is 4.43. The molecule has 0 radical (unpaired) electrons. The number of hydrogen-bond acceptors (Lipinski definition) is 5. The van der Waals surface area contributed by atoms with Gasteiger partial charge >= 0.3 is 0 Å². The molecule has 1 aromatic carbocycles. The Morgan fingerprint density at radius 1 is 1.37 bits per heavy atom. The lowest BCUT2D eigenvalue weighted by molar-refractivity contribution is 0.597. The van der Waals surface area contributed by atoms with E-state index in [-0.39, 0.29) is 22.4 Å². The van der Waals surface area contributed by atoms with Crippen molar-refractivity contribution < 1.29 is 16.8 Å². The molecule has 0 bridgehead atoms. The highest BCUT2D eigenvalue weighted by Crippen LogP contribution is 2.27. The van der Waals surface area contributed by atoms with Gasteiger partial charge in [0.1, 0.15) is 0 Å². The molecule has 2 rings (SSSR count). The molecule has 106 valence electrons. The molecule has 1 aliphatic heterocycles. The summed E-state index contributed by atoms with van der Waals surface area (Å²) in [5, 5.41) is 8.29. The van der Waals surface area contributed by atoms with Gasteiger partial charge in [0.15, 0.2) is 9.84 Å². The van der Waals surface area contributed by atoms with Crippen LogP contribution in [0.5, 0.6) is 0 Å². The maximum Gasteiger partial charge on any atom is 0.238 e. The lowest BCUT2D eigenvalue weighted by Gasteiger charge is -2.14. The number of sulfonamides is 1. The SMILES string of the molecule is NS(=O)(=O)c1ccc(Cl)c(NC2CCS(=O)(=O)C2)c1. The highest BCUT2D eigenvalue weighted by Gasteiger charge is 2.28. The topological polar surface area (TPSA) is 106 Å². The van der Waals surface area contributed by atoms with Crippen molar-refractivity contribution in [2.75, 3.05) is 16.8 Å². The summed E-state index contributed by atoms with van der Waals surface area (Å²) in [5.41, 5.74) is 0.371. The molecule has 3 N–H and O–H groups in total. The minimum absolute atomic E-state index is 0.0168. The molecule has 0 amide bonds.